The Morgan fingerprint density at radius 3 is 2.69 bits per heavy atom. The van der Waals surface area contributed by atoms with Gasteiger partial charge in [-0.1, -0.05) is 18.2 Å². The third-order valence-electron chi connectivity index (χ3n) is 4.02. The minimum atomic E-state index is -0.573. The van der Waals surface area contributed by atoms with E-state index >= 15 is 0 Å². The van der Waals surface area contributed by atoms with E-state index in [1.807, 2.05) is 18.2 Å². The van der Waals surface area contributed by atoms with E-state index in [1.54, 1.807) is 43.3 Å². The molecule has 0 aliphatic heterocycles. The number of aryl methyl sites for hydroxylation is 1. The van der Waals surface area contributed by atoms with Gasteiger partial charge < -0.3 is 9.73 Å². The van der Waals surface area contributed by atoms with Crippen LogP contribution < -0.4 is 5.32 Å². The number of hydrogen-bond acceptors (Lipinski definition) is 5. The fourth-order valence-corrected chi connectivity index (χ4v) is 3.14. The van der Waals surface area contributed by atoms with Crippen LogP contribution in [0, 0.1) is 31.9 Å². The second-order valence-electron chi connectivity index (χ2n) is 6.08. The molecule has 0 spiro atoms. The van der Waals surface area contributed by atoms with Gasteiger partial charge >= 0.3 is 0 Å². The number of carbonyl (C=O) groups is 1. The first-order chi connectivity index (χ1) is 13.9. The summed E-state index contributed by atoms with van der Waals surface area (Å²) in [5.41, 5.74) is 1.44. The van der Waals surface area contributed by atoms with Gasteiger partial charge in [-0.25, -0.2) is 0 Å². The predicted molar refractivity (Wildman–Crippen MR) is 117 cm³/mol. The van der Waals surface area contributed by atoms with E-state index in [-0.39, 0.29) is 22.8 Å². The Balaban J connectivity index is 1.89. The van der Waals surface area contributed by atoms with Crippen LogP contribution in [0.5, 0.6) is 0 Å². The number of carbonyl (C=O) groups excluding carboxylic acids is 1. The average Bonchev–Trinajstić information content (AvgIpc) is 3.16. The molecule has 0 aliphatic carbocycles. The number of nitrogens with zero attached hydrogens (tertiary/aromatic N) is 2. The zero-order valence-corrected chi connectivity index (χ0v) is 17.3. The molecule has 0 atom stereocenters. The van der Waals surface area contributed by atoms with Crippen LogP contribution in [0.3, 0.4) is 0 Å². The molecule has 3 rings (SSSR count). The van der Waals surface area contributed by atoms with Gasteiger partial charge in [-0.3, -0.25) is 14.9 Å². The van der Waals surface area contributed by atoms with Gasteiger partial charge in [0.15, 0.2) is 0 Å². The van der Waals surface area contributed by atoms with Gasteiger partial charge in [0.25, 0.3) is 11.6 Å². The quantitative estimate of drug-likeness (QED) is 0.168. The molecule has 1 aromatic heterocycles. The molecule has 0 fully saturated rings. The fraction of sp³-hybridized carbons (Fsp3) is 0.0476. The van der Waals surface area contributed by atoms with E-state index in [0.29, 0.717) is 11.3 Å². The second-order valence-corrected chi connectivity index (χ2v) is 7.25. The van der Waals surface area contributed by atoms with E-state index in [9.17, 15) is 20.2 Å². The van der Waals surface area contributed by atoms with E-state index < -0.39 is 10.8 Å². The molecule has 7 nitrogen and oxygen atoms in total. The highest BCUT2D eigenvalue weighted by Crippen LogP contribution is 2.32. The highest BCUT2D eigenvalue weighted by atomic mass is 127. The molecule has 0 saturated carbocycles. The van der Waals surface area contributed by atoms with Crippen LogP contribution in [0.1, 0.15) is 11.3 Å². The molecule has 3 aromatic rings. The molecule has 0 saturated heterocycles. The number of rotatable bonds is 5. The largest absolute Gasteiger partial charge is 0.456 e. The molecule has 0 bridgehead atoms. The lowest BCUT2D eigenvalue weighted by Crippen LogP contribution is -2.14. The molecule has 0 aliphatic rings. The standard InChI is InChI=1S/C21H14IN3O4/c1-13-6-8-16(19(10-13)25(27)28)20-9-7-15(29-20)11-14(12-23)21(26)24-18-5-3-2-4-17(18)22/h2-11H,1H3,(H,24,26). The lowest BCUT2D eigenvalue weighted by molar-refractivity contribution is -0.384. The van der Waals surface area contributed by atoms with E-state index in [0.717, 1.165) is 9.13 Å². The van der Waals surface area contributed by atoms with Crippen molar-refractivity contribution in [2.45, 2.75) is 6.92 Å². The summed E-state index contributed by atoms with van der Waals surface area (Å²) in [4.78, 5) is 23.3. The van der Waals surface area contributed by atoms with Crippen molar-refractivity contribution >= 4 is 45.9 Å². The van der Waals surface area contributed by atoms with Crippen molar-refractivity contribution in [3.8, 4) is 17.4 Å². The number of hydrogen-bond donors (Lipinski definition) is 1. The summed E-state index contributed by atoms with van der Waals surface area (Å²) < 4.78 is 6.48. The summed E-state index contributed by atoms with van der Waals surface area (Å²) in [5, 5.41) is 23.4. The predicted octanol–water partition coefficient (Wildman–Crippen LogP) is 5.31. The molecule has 1 N–H and O–H groups in total. The van der Waals surface area contributed by atoms with Gasteiger partial charge in [-0.2, -0.15) is 5.26 Å². The summed E-state index contributed by atoms with van der Waals surface area (Å²) >= 11 is 2.08. The maximum atomic E-state index is 12.4. The smallest absolute Gasteiger partial charge is 0.280 e. The van der Waals surface area contributed by atoms with Gasteiger partial charge in [-0.15, -0.1) is 0 Å². The molecule has 144 valence electrons. The minimum Gasteiger partial charge on any atom is -0.456 e. The van der Waals surface area contributed by atoms with Crippen LogP contribution in [0.25, 0.3) is 17.4 Å². The van der Waals surface area contributed by atoms with Crippen molar-refractivity contribution in [2.75, 3.05) is 5.32 Å². The highest BCUT2D eigenvalue weighted by Gasteiger charge is 2.19. The number of nitriles is 1. The molecule has 1 amide bonds. The van der Waals surface area contributed by atoms with Crippen molar-refractivity contribution in [3.63, 3.8) is 0 Å². The molecule has 0 unspecified atom stereocenters. The first kappa shape index (κ1) is 20.3. The van der Waals surface area contributed by atoms with Gasteiger partial charge in [0.05, 0.1) is 16.2 Å². The number of halogens is 1. The van der Waals surface area contributed by atoms with E-state index in [2.05, 4.69) is 27.9 Å². The number of para-hydroxylation sites is 1. The summed E-state index contributed by atoms with van der Waals surface area (Å²) in [6.07, 6.45) is 1.30. The maximum absolute atomic E-state index is 12.4. The van der Waals surface area contributed by atoms with Crippen molar-refractivity contribution in [3.05, 3.63) is 85.2 Å². The summed E-state index contributed by atoms with van der Waals surface area (Å²) in [7, 11) is 0. The SMILES string of the molecule is Cc1ccc(-c2ccc(C=C(C#N)C(=O)Nc3ccccc3I)o2)c([N+](=O)[O-])c1. The lowest BCUT2D eigenvalue weighted by Gasteiger charge is -2.05. The van der Waals surface area contributed by atoms with Gasteiger partial charge in [0, 0.05) is 15.7 Å². The third-order valence-corrected chi connectivity index (χ3v) is 4.96. The van der Waals surface area contributed by atoms with Crippen molar-refractivity contribution in [2.24, 2.45) is 0 Å². The summed E-state index contributed by atoms with van der Waals surface area (Å²) in [5.74, 6) is -0.0570. The lowest BCUT2D eigenvalue weighted by atomic mass is 10.1. The number of nitro benzene ring substituents is 1. The monoisotopic (exact) mass is 499 g/mol. The van der Waals surface area contributed by atoms with Gasteiger partial charge in [0.2, 0.25) is 0 Å². The van der Waals surface area contributed by atoms with Crippen LogP contribution in [-0.4, -0.2) is 10.8 Å². The average molecular weight is 499 g/mol. The number of nitrogens with one attached hydrogen (secondary N) is 1. The summed E-state index contributed by atoms with van der Waals surface area (Å²) in [6, 6.07) is 17.0. The number of benzene rings is 2. The van der Waals surface area contributed by atoms with E-state index in [4.69, 9.17) is 4.42 Å². The maximum Gasteiger partial charge on any atom is 0.280 e. The fourth-order valence-electron chi connectivity index (χ4n) is 2.62. The van der Waals surface area contributed by atoms with Crippen LogP contribution in [0.2, 0.25) is 0 Å². The normalized spacial score (nSPS) is 11.0. The number of amides is 1. The molecule has 0 radical (unpaired) electrons. The molecular weight excluding hydrogens is 485 g/mol. The first-order valence-corrected chi connectivity index (χ1v) is 9.50. The topological polar surface area (TPSA) is 109 Å². The number of furan rings is 1. The van der Waals surface area contributed by atoms with Crippen LogP contribution >= 0.6 is 22.6 Å². The zero-order valence-electron chi connectivity index (χ0n) is 15.2. The Kier molecular flexibility index (Phi) is 6.09. The van der Waals surface area contributed by atoms with Crippen molar-refractivity contribution in [1.29, 1.82) is 5.26 Å². The first-order valence-electron chi connectivity index (χ1n) is 8.42. The van der Waals surface area contributed by atoms with Gasteiger partial charge in [0.1, 0.15) is 23.2 Å². The Hall–Kier alpha value is -3.45. The Labute approximate surface area is 179 Å². The van der Waals surface area contributed by atoms with Gasteiger partial charge in [-0.05, 0) is 65.4 Å². The Morgan fingerprint density at radius 2 is 2.00 bits per heavy atom. The van der Waals surface area contributed by atoms with Crippen LogP contribution in [0.15, 0.2) is 64.6 Å². The van der Waals surface area contributed by atoms with Crippen LogP contribution in [-0.2, 0) is 4.79 Å². The molecule has 1 heterocycles. The van der Waals surface area contributed by atoms with Crippen molar-refractivity contribution in [1.82, 2.24) is 0 Å². The molecule has 2 aromatic carbocycles. The van der Waals surface area contributed by atoms with Crippen molar-refractivity contribution < 1.29 is 14.1 Å². The Morgan fingerprint density at radius 1 is 1.24 bits per heavy atom. The van der Waals surface area contributed by atoms with E-state index in [1.165, 1.54) is 12.1 Å². The zero-order chi connectivity index (χ0) is 21.0. The molecule has 29 heavy (non-hydrogen) atoms. The molecule has 8 heteroatoms. The highest BCUT2D eigenvalue weighted by molar-refractivity contribution is 14.1. The third kappa shape index (κ3) is 4.70. The molecular formula is C21H14IN3O4. The second kappa shape index (κ2) is 8.70. The summed E-state index contributed by atoms with van der Waals surface area (Å²) in [6.45, 7) is 1.76. The number of nitro groups is 1. The Bertz CT molecular complexity index is 1170. The number of anilines is 1. The van der Waals surface area contributed by atoms with Crippen LogP contribution in [0.4, 0.5) is 11.4 Å². The minimum absolute atomic E-state index is 0.0771.